The van der Waals surface area contributed by atoms with Crippen LogP contribution >= 0.6 is 0 Å². The Balaban J connectivity index is 2.63. The predicted molar refractivity (Wildman–Crippen MR) is 75.6 cm³/mol. The first kappa shape index (κ1) is 18.6. The van der Waals surface area contributed by atoms with Crippen LogP contribution in [0, 0.1) is 11.6 Å². The van der Waals surface area contributed by atoms with E-state index in [1.54, 1.807) is 0 Å². The number of hydrogen-bond donors (Lipinski definition) is 0. The van der Waals surface area contributed by atoms with Crippen molar-refractivity contribution in [3.63, 3.8) is 0 Å². The first-order chi connectivity index (χ1) is 11.6. The largest absolute Gasteiger partial charge is 0.468 e. The summed E-state index contributed by atoms with van der Waals surface area (Å²) in [6.45, 7) is -0.696. The number of halogens is 5. The highest BCUT2D eigenvalue weighted by Gasteiger charge is 2.31. The van der Waals surface area contributed by atoms with Gasteiger partial charge in [0.05, 0.1) is 19.2 Å². The van der Waals surface area contributed by atoms with Gasteiger partial charge in [-0.2, -0.15) is 18.3 Å². The molecule has 0 aliphatic rings. The Bertz CT molecular complexity index is 841. The van der Waals surface area contributed by atoms with Crippen molar-refractivity contribution in [1.82, 2.24) is 9.78 Å². The van der Waals surface area contributed by atoms with Gasteiger partial charge in [0.1, 0.15) is 18.2 Å². The summed E-state index contributed by atoms with van der Waals surface area (Å²) in [5.74, 6) is -2.93. The lowest BCUT2D eigenvalue weighted by Crippen LogP contribution is -2.29. The molecule has 10 heteroatoms. The predicted octanol–water partition coefficient (Wildman–Crippen LogP) is 2.47. The second-order valence-corrected chi connectivity index (χ2v) is 5.03. The van der Waals surface area contributed by atoms with E-state index in [1.807, 2.05) is 0 Å². The molecule has 1 heterocycles. The lowest BCUT2D eigenvalue weighted by Gasteiger charge is -2.13. The van der Waals surface area contributed by atoms with E-state index in [0.29, 0.717) is 10.7 Å². The summed E-state index contributed by atoms with van der Waals surface area (Å²) in [4.78, 5) is 23.2. The fourth-order valence-corrected chi connectivity index (χ4v) is 2.11. The minimum atomic E-state index is -4.69. The molecule has 25 heavy (non-hydrogen) atoms. The molecular weight excluding hydrogens is 351 g/mol. The fraction of sp³-hybridized carbons (Fsp3) is 0.267. The molecule has 0 aliphatic carbocycles. The molecule has 0 radical (unpaired) electrons. The van der Waals surface area contributed by atoms with E-state index in [4.69, 9.17) is 0 Å². The molecule has 1 aromatic heterocycles. The standard InChI is InChI=1S/C15H11F5N2O3/c1-25-14(24)7-22-13(23)5-11(12(21-22)6-15(18,19)20)8-2-9(16)4-10(17)3-8/h2-5H,6-7H2,1H3. The minimum absolute atomic E-state index is 0.272. The summed E-state index contributed by atoms with van der Waals surface area (Å²) in [5.41, 5.74) is -2.22. The van der Waals surface area contributed by atoms with E-state index in [-0.39, 0.29) is 11.1 Å². The molecule has 0 aliphatic heterocycles. The first-order valence-electron chi connectivity index (χ1n) is 6.80. The van der Waals surface area contributed by atoms with E-state index in [2.05, 4.69) is 9.84 Å². The zero-order valence-corrected chi connectivity index (χ0v) is 12.7. The number of carbonyl (C=O) groups excluding carboxylic acids is 1. The van der Waals surface area contributed by atoms with Gasteiger partial charge in [-0.3, -0.25) is 9.59 Å². The van der Waals surface area contributed by atoms with Crippen LogP contribution in [0.15, 0.2) is 29.1 Å². The molecule has 0 atom stereocenters. The van der Waals surface area contributed by atoms with Crippen LogP contribution < -0.4 is 5.56 Å². The Labute approximate surface area is 137 Å². The molecule has 2 aromatic rings. The minimum Gasteiger partial charge on any atom is -0.468 e. The number of aromatic nitrogens is 2. The second kappa shape index (κ2) is 6.99. The number of benzene rings is 1. The molecule has 0 amide bonds. The quantitative estimate of drug-likeness (QED) is 0.619. The van der Waals surface area contributed by atoms with Crippen molar-refractivity contribution in [2.75, 3.05) is 7.11 Å². The topological polar surface area (TPSA) is 61.2 Å². The van der Waals surface area contributed by atoms with E-state index in [0.717, 1.165) is 25.3 Å². The van der Waals surface area contributed by atoms with Gasteiger partial charge < -0.3 is 4.74 Å². The van der Waals surface area contributed by atoms with Crippen molar-refractivity contribution in [2.24, 2.45) is 0 Å². The summed E-state index contributed by atoms with van der Waals surface area (Å²) in [7, 11) is 1.04. The molecular formula is C15H11F5N2O3. The number of carbonyl (C=O) groups is 1. The van der Waals surface area contributed by atoms with Crippen LogP contribution in [0.1, 0.15) is 5.69 Å². The molecule has 5 nitrogen and oxygen atoms in total. The Morgan fingerprint density at radius 1 is 1.16 bits per heavy atom. The number of ether oxygens (including phenoxy) is 1. The molecule has 134 valence electrons. The number of hydrogen-bond acceptors (Lipinski definition) is 4. The SMILES string of the molecule is COC(=O)Cn1nc(CC(F)(F)F)c(-c2cc(F)cc(F)c2)cc1=O. The first-order valence-corrected chi connectivity index (χ1v) is 6.80. The molecule has 2 rings (SSSR count). The monoisotopic (exact) mass is 362 g/mol. The van der Waals surface area contributed by atoms with E-state index in [9.17, 15) is 31.5 Å². The number of alkyl halides is 3. The van der Waals surface area contributed by atoms with Gasteiger partial charge in [-0.1, -0.05) is 0 Å². The van der Waals surface area contributed by atoms with Gasteiger partial charge in [0, 0.05) is 17.7 Å². The van der Waals surface area contributed by atoms with Crippen LogP contribution in [0.5, 0.6) is 0 Å². The van der Waals surface area contributed by atoms with Crippen molar-refractivity contribution >= 4 is 5.97 Å². The summed E-state index contributed by atoms with van der Waals surface area (Å²) in [6.07, 6.45) is -6.25. The number of esters is 1. The van der Waals surface area contributed by atoms with Gasteiger partial charge in [0.25, 0.3) is 5.56 Å². The molecule has 0 fully saturated rings. The zero-order chi connectivity index (χ0) is 18.8. The number of methoxy groups -OCH3 is 1. The Hall–Kier alpha value is -2.78. The third-order valence-corrected chi connectivity index (χ3v) is 3.12. The van der Waals surface area contributed by atoms with Gasteiger partial charge in [-0.05, 0) is 17.7 Å². The van der Waals surface area contributed by atoms with Crippen LogP contribution in [0.3, 0.4) is 0 Å². The Kier molecular flexibility index (Phi) is 5.19. The van der Waals surface area contributed by atoms with Crippen LogP contribution in [-0.2, 0) is 22.5 Å². The van der Waals surface area contributed by atoms with Gasteiger partial charge in [-0.15, -0.1) is 0 Å². The number of rotatable bonds is 4. The summed E-state index contributed by atoms with van der Waals surface area (Å²) < 4.78 is 69.9. The zero-order valence-electron chi connectivity index (χ0n) is 12.7. The van der Waals surface area contributed by atoms with Crippen LogP contribution in [0.4, 0.5) is 22.0 Å². The fourth-order valence-electron chi connectivity index (χ4n) is 2.11. The van der Waals surface area contributed by atoms with E-state index >= 15 is 0 Å². The van der Waals surface area contributed by atoms with Crippen molar-refractivity contribution in [3.05, 3.63) is 51.9 Å². The Morgan fingerprint density at radius 3 is 2.28 bits per heavy atom. The molecule has 0 bridgehead atoms. The van der Waals surface area contributed by atoms with Crippen LogP contribution in [0.2, 0.25) is 0 Å². The van der Waals surface area contributed by atoms with Gasteiger partial charge in [0.15, 0.2) is 0 Å². The normalized spacial score (nSPS) is 11.4. The lowest BCUT2D eigenvalue weighted by atomic mass is 10.0. The highest BCUT2D eigenvalue weighted by atomic mass is 19.4. The van der Waals surface area contributed by atoms with Crippen molar-refractivity contribution in [3.8, 4) is 11.1 Å². The highest BCUT2D eigenvalue weighted by Crippen LogP contribution is 2.28. The van der Waals surface area contributed by atoms with Crippen molar-refractivity contribution in [2.45, 2.75) is 19.1 Å². The Morgan fingerprint density at radius 2 is 1.76 bits per heavy atom. The van der Waals surface area contributed by atoms with E-state index < -0.39 is 48.0 Å². The maximum Gasteiger partial charge on any atom is 0.394 e. The van der Waals surface area contributed by atoms with Crippen LogP contribution in [-0.4, -0.2) is 29.0 Å². The van der Waals surface area contributed by atoms with Gasteiger partial charge in [-0.25, -0.2) is 13.5 Å². The average molecular weight is 362 g/mol. The summed E-state index contributed by atoms with van der Waals surface area (Å²) in [6, 6.07) is 2.85. The molecule has 0 N–H and O–H groups in total. The highest BCUT2D eigenvalue weighted by molar-refractivity contribution is 5.69. The lowest BCUT2D eigenvalue weighted by molar-refractivity contribution is -0.141. The average Bonchev–Trinajstić information content (AvgIpc) is 2.47. The van der Waals surface area contributed by atoms with Gasteiger partial charge >= 0.3 is 12.1 Å². The molecule has 0 spiro atoms. The summed E-state index contributed by atoms with van der Waals surface area (Å²) in [5, 5.41) is 3.52. The molecule has 0 saturated carbocycles. The van der Waals surface area contributed by atoms with Crippen molar-refractivity contribution < 1.29 is 31.5 Å². The third kappa shape index (κ3) is 4.85. The molecule has 0 unspecified atom stereocenters. The maximum absolute atomic E-state index is 13.4. The molecule has 0 saturated heterocycles. The third-order valence-electron chi connectivity index (χ3n) is 3.12. The maximum atomic E-state index is 13.4. The van der Waals surface area contributed by atoms with Crippen LogP contribution in [0.25, 0.3) is 11.1 Å². The van der Waals surface area contributed by atoms with E-state index in [1.165, 1.54) is 0 Å². The number of nitrogens with zero attached hydrogens (tertiary/aromatic N) is 2. The summed E-state index contributed by atoms with van der Waals surface area (Å²) >= 11 is 0. The molecule has 1 aromatic carbocycles. The van der Waals surface area contributed by atoms with Crippen molar-refractivity contribution in [1.29, 1.82) is 0 Å². The van der Waals surface area contributed by atoms with Gasteiger partial charge in [0.2, 0.25) is 0 Å². The smallest absolute Gasteiger partial charge is 0.394 e. The second-order valence-electron chi connectivity index (χ2n) is 5.03.